The molecule has 7 heteroatoms. The fourth-order valence-electron chi connectivity index (χ4n) is 2.91. The maximum absolute atomic E-state index is 5.39. The van der Waals surface area contributed by atoms with Gasteiger partial charge in [0.15, 0.2) is 17.1 Å². The molecule has 0 bridgehead atoms. The molecule has 3 heterocycles. The zero-order valence-electron chi connectivity index (χ0n) is 14.7. The molecule has 0 atom stereocenters. The van der Waals surface area contributed by atoms with Gasteiger partial charge in [-0.15, -0.1) is 0 Å². The fraction of sp³-hybridized carbons (Fsp3) is 0.158. The van der Waals surface area contributed by atoms with Crippen molar-refractivity contribution in [3.05, 3.63) is 54.6 Å². The lowest BCUT2D eigenvalue weighted by Gasteiger charge is -2.10. The molecule has 1 aromatic carbocycles. The zero-order chi connectivity index (χ0) is 18.1. The Hall–Kier alpha value is -3.48. The molecule has 0 spiro atoms. The van der Waals surface area contributed by atoms with Crippen molar-refractivity contribution in [1.29, 1.82) is 0 Å². The first-order valence-electron chi connectivity index (χ1n) is 8.06. The largest absolute Gasteiger partial charge is 0.493 e. The molecular weight excluding hydrogens is 330 g/mol. The van der Waals surface area contributed by atoms with Crippen LogP contribution in [-0.4, -0.2) is 38.8 Å². The van der Waals surface area contributed by atoms with Gasteiger partial charge in [-0.2, -0.15) is 5.10 Å². The van der Waals surface area contributed by atoms with Crippen LogP contribution in [0.2, 0.25) is 0 Å². The van der Waals surface area contributed by atoms with Crippen LogP contribution in [0.25, 0.3) is 28.3 Å². The molecule has 0 aliphatic rings. The van der Waals surface area contributed by atoms with Gasteiger partial charge in [-0.25, -0.2) is 9.50 Å². The molecule has 0 radical (unpaired) electrons. The van der Waals surface area contributed by atoms with E-state index in [4.69, 9.17) is 14.6 Å². The SMILES string of the molecule is COc1ccc(-c2ccc3nc(C)c(-c4cnccn4)n3n2)cc1OC. The standard InChI is InChI=1S/C19H17N5O2/c1-12-19(15-11-20-8-9-21-15)24-18(22-12)7-5-14(23-24)13-4-6-16(25-2)17(10-13)26-3/h4-11H,1-3H3. The Morgan fingerprint density at radius 3 is 2.50 bits per heavy atom. The molecule has 4 aromatic rings. The molecule has 0 fully saturated rings. The third kappa shape index (κ3) is 2.63. The number of nitrogens with zero attached hydrogens (tertiary/aromatic N) is 5. The Morgan fingerprint density at radius 2 is 1.77 bits per heavy atom. The number of aromatic nitrogens is 5. The summed E-state index contributed by atoms with van der Waals surface area (Å²) in [6.45, 7) is 1.94. The summed E-state index contributed by atoms with van der Waals surface area (Å²) in [5.74, 6) is 1.33. The Balaban J connectivity index is 1.88. The lowest BCUT2D eigenvalue weighted by Crippen LogP contribution is -1.99. The predicted octanol–water partition coefficient (Wildman–Crippen LogP) is 3.18. The summed E-state index contributed by atoms with van der Waals surface area (Å²) in [5, 5.41) is 4.76. The highest BCUT2D eigenvalue weighted by Crippen LogP contribution is 2.32. The minimum Gasteiger partial charge on any atom is -0.493 e. The average Bonchev–Trinajstić information content (AvgIpc) is 3.02. The highest BCUT2D eigenvalue weighted by molar-refractivity contribution is 5.67. The number of benzene rings is 1. The van der Waals surface area contributed by atoms with Gasteiger partial charge >= 0.3 is 0 Å². The lowest BCUT2D eigenvalue weighted by atomic mass is 10.1. The van der Waals surface area contributed by atoms with Gasteiger partial charge < -0.3 is 9.47 Å². The first kappa shape index (κ1) is 16.0. The molecule has 0 N–H and O–H groups in total. The number of aryl methyl sites for hydroxylation is 1. The molecule has 4 rings (SSSR count). The van der Waals surface area contributed by atoms with E-state index in [1.165, 1.54) is 0 Å². The third-order valence-corrected chi connectivity index (χ3v) is 4.14. The number of rotatable bonds is 4. The maximum atomic E-state index is 5.39. The van der Waals surface area contributed by atoms with E-state index in [0.29, 0.717) is 11.5 Å². The van der Waals surface area contributed by atoms with E-state index < -0.39 is 0 Å². The molecule has 7 nitrogen and oxygen atoms in total. The van der Waals surface area contributed by atoms with Crippen molar-refractivity contribution in [2.45, 2.75) is 6.92 Å². The Morgan fingerprint density at radius 1 is 0.923 bits per heavy atom. The second-order valence-corrected chi connectivity index (χ2v) is 5.69. The molecule has 0 aliphatic heterocycles. The van der Waals surface area contributed by atoms with E-state index in [9.17, 15) is 0 Å². The summed E-state index contributed by atoms with van der Waals surface area (Å²) in [6, 6.07) is 9.58. The van der Waals surface area contributed by atoms with Crippen LogP contribution in [0.5, 0.6) is 11.5 Å². The molecule has 3 aromatic heterocycles. The van der Waals surface area contributed by atoms with E-state index in [2.05, 4.69) is 15.0 Å². The zero-order valence-corrected chi connectivity index (χ0v) is 14.7. The molecule has 26 heavy (non-hydrogen) atoms. The summed E-state index contributed by atoms with van der Waals surface area (Å²) in [4.78, 5) is 13.1. The van der Waals surface area contributed by atoms with Gasteiger partial charge in [-0.3, -0.25) is 9.97 Å². The lowest BCUT2D eigenvalue weighted by molar-refractivity contribution is 0.355. The normalized spacial score (nSPS) is 10.9. The molecule has 0 saturated carbocycles. The number of ether oxygens (including phenoxy) is 2. The monoisotopic (exact) mass is 347 g/mol. The summed E-state index contributed by atoms with van der Waals surface area (Å²) in [7, 11) is 3.23. The van der Waals surface area contributed by atoms with Crippen LogP contribution in [-0.2, 0) is 0 Å². The Labute approximate surface area is 150 Å². The number of methoxy groups -OCH3 is 2. The topological polar surface area (TPSA) is 74.4 Å². The molecular formula is C19H17N5O2. The van der Waals surface area contributed by atoms with Crippen LogP contribution >= 0.6 is 0 Å². The van der Waals surface area contributed by atoms with Crippen molar-refractivity contribution in [2.24, 2.45) is 0 Å². The van der Waals surface area contributed by atoms with Gasteiger partial charge in [0.25, 0.3) is 0 Å². The van der Waals surface area contributed by atoms with E-state index in [0.717, 1.165) is 34.0 Å². The number of imidazole rings is 1. The van der Waals surface area contributed by atoms with Gasteiger partial charge in [0.2, 0.25) is 0 Å². The van der Waals surface area contributed by atoms with E-state index in [1.54, 1.807) is 37.3 Å². The molecule has 0 unspecified atom stereocenters. The summed E-state index contributed by atoms with van der Waals surface area (Å²) < 4.78 is 12.5. The van der Waals surface area contributed by atoms with Gasteiger partial charge in [-0.1, -0.05) is 0 Å². The smallest absolute Gasteiger partial charge is 0.161 e. The van der Waals surface area contributed by atoms with Crippen molar-refractivity contribution in [2.75, 3.05) is 14.2 Å². The minimum absolute atomic E-state index is 0.655. The molecule has 130 valence electrons. The van der Waals surface area contributed by atoms with Crippen LogP contribution in [0, 0.1) is 6.92 Å². The van der Waals surface area contributed by atoms with Gasteiger partial charge in [0.1, 0.15) is 11.4 Å². The number of fused-ring (bicyclic) bond motifs is 1. The van der Waals surface area contributed by atoms with Crippen molar-refractivity contribution in [1.82, 2.24) is 24.6 Å². The summed E-state index contributed by atoms with van der Waals surface area (Å²) >= 11 is 0. The van der Waals surface area contributed by atoms with Crippen LogP contribution in [0.15, 0.2) is 48.9 Å². The Bertz CT molecular complexity index is 1080. The van der Waals surface area contributed by atoms with E-state index in [-0.39, 0.29) is 0 Å². The maximum Gasteiger partial charge on any atom is 0.161 e. The van der Waals surface area contributed by atoms with Crippen molar-refractivity contribution in [3.8, 4) is 34.1 Å². The first-order valence-corrected chi connectivity index (χ1v) is 8.06. The number of hydrogen-bond donors (Lipinski definition) is 0. The van der Waals surface area contributed by atoms with E-state index in [1.807, 2.05) is 37.3 Å². The van der Waals surface area contributed by atoms with Gasteiger partial charge in [0, 0.05) is 18.0 Å². The second kappa shape index (κ2) is 6.44. The van der Waals surface area contributed by atoms with Crippen molar-refractivity contribution in [3.63, 3.8) is 0 Å². The van der Waals surface area contributed by atoms with Crippen LogP contribution in [0.4, 0.5) is 0 Å². The van der Waals surface area contributed by atoms with Crippen LogP contribution in [0.1, 0.15) is 5.69 Å². The fourth-order valence-corrected chi connectivity index (χ4v) is 2.91. The summed E-state index contributed by atoms with van der Waals surface area (Å²) in [5.41, 5.74) is 4.88. The molecule has 0 amide bonds. The molecule has 0 aliphatic carbocycles. The highest BCUT2D eigenvalue weighted by Gasteiger charge is 2.15. The van der Waals surface area contributed by atoms with Crippen molar-refractivity contribution >= 4 is 5.65 Å². The van der Waals surface area contributed by atoms with E-state index >= 15 is 0 Å². The Kier molecular flexibility index (Phi) is 3.96. The van der Waals surface area contributed by atoms with Crippen LogP contribution < -0.4 is 9.47 Å². The highest BCUT2D eigenvalue weighted by atomic mass is 16.5. The second-order valence-electron chi connectivity index (χ2n) is 5.69. The first-order chi connectivity index (χ1) is 12.7. The van der Waals surface area contributed by atoms with Gasteiger partial charge in [-0.05, 0) is 37.3 Å². The van der Waals surface area contributed by atoms with Gasteiger partial charge in [0.05, 0.1) is 31.8 Å². The van der Waals surface area contributed by atoms with Crippen molar-refractivity contribution < 1.29 is 9.47 Å². The predicted molar refractivity (Wildman–Crippen MR) is 97.3 cm³/mol. The summed E-state index contributed by atoms with van der Waals surface area (Å²) in [6.07, 6.45) is 5.01. The minimum atomic E-state index is 0.655. The number of hydrogen-bond acceptors (Lipinski definition) is 6. The molecule has 0 saturated heterocycles. The third-order valence-electron chi connectivity index (χ3n) is 4.14. The van der Waals surface area contributed by atoms with Crippen LogP contribution in [0.3, 0.4) is 0 Å². The quantitative estimate of drug-likeness (QED) is 0.564. The average molecular weight is 347 g/mol.